The number of aromatic nitrogens is 2. The molecule has 0 amide bonds. The Morgan fingerprint density at radius 1 is 1.07 bits per heavy atom. The fourth-order valence-electron chi connectivity index (χ4n) is 3.64. The predicted molar refractivity (Wildman–Crippen MR) is 111 cm³/mol. The molecule has 3 aromatic rings. The van der Waals surface area contributed by atoms with Gasteiger partial charge >= 0.3 is 0 Å². The molecule has 0 saturated carbocycles. The third kappa shape index (κ3) is 3.25. The van der Waals surface area contributed by atoms with Gasteiger partial charge in [0.05, 0.1) is 12.8 Å². The molecule has 5 nitrogen and oxygen atoms in total. The molecule has 4 rings (SSSR count). The second-order valence-electron chi connectivity index (χ2n) is 7.09. The summed E-state index contributed by atoms with van der Waals surface area (Å²) >= 11 is 0. The number of methoxy groups -OCH3 is 1. The van der Waals surface area contributed by atoms with Gasteiger partial charge in [0.15, 0.2) is 0 Å². The van der Waals surface area contributed by atoms with Crippen LogP contribution in [0.15, 0.2) is 48.5 Å². The third-order valence-corrected chi connectivity index (χ3v) is 5.08. The normalized spacial score (nSPS) is 13.4. The minimum Gasteiger partial charge on any atom is -0.494 e. The number of rotatable bonds is 4. The van der Waals surface area contributed by atoms with E-state index in [1.165, 1.54) is 11.3 Å². The minimum absolute atomic E-state index is 0.822. The minimum atomic E-state index is 0.822. The molecule has 140 valence electrons. The van der Waals surface area contributed by atoms with Crippen LogP contribution in [0.4, 0.5) is 11.5 Å². The van der Waals surface area contributed by atoms with Gasteiger partial charge in [-0.25, -0.2) is 4.68 Å². The molecule has 5 heteroatoms. The fourth-order valence-corrected chi connectivity index (χ4v) is 3.64. The Balaban J connectivity index is 1.91. The molecule has 0 atom stereocenters. The van der Waals surface area contributed by atoms with E-state index in [2.05, 4.69) is 54.6 Å². The van der Waals surface area contributed by atoms with Crippen LogP contribution in [0.3, 0.4) is 0 Å². The second-order valence-corrected chi connectivity index (χ2v) is 7.09. The molecule has 0 radical (unpaired) electrons. The zero-order valence-electron chi connectivity index (χ0n) is 16.2. The van der Waals surface area contributed by atoms with Crippen LogP contribution < -0.4 is 15.0 Å². The van der Waals surface area contributed by atoms with Gasteiger partial charge in [-0.3, -0.25) is 0 Å². The number of benzene rings is 2. The Morgan fingerprint density at radius 3 is 2.74 bits per heavy atom. The lowest BCUT2D eigenvalue weighted by Crippen LogP contribution is -2.08. The van der Waals surface area contributed by atoms with Gasteiger partial charge < -0.3 is 15.0 Å². The summed E-state index contributed by atoms with van der Waals surface area (Å²) in [4.78, 5) is 2.12. The maximum atomic E-state index is 5.59. The summed E-state index contributed by atoms with van der Waals surface area (Å²) in [5.41, 5.74) is 5.62. The van der Waals surface area contributed by atoms with E-state index in [0.29, 0.717) is 0 Å². The maximum absolute atomic E-state index is 5.59. The van der Waals surface area contributed by atoms with Gasteiger partial charge in [-0.1, -0.05) is 24.3 Å². The number of nitrogens with zero attached hydrogens (tertiary/aromatic N) is 3. The molecule has 27 heavy (non-hydrogen) atoms. The smallest absolute Gasteiger partial charge is 0.144 e. The van der Waals surface area contributed by atoms with Crippen LogP contribution >= 0.6 is 0 Å². The number of hydrogen-bond acceptors (Lipinski definition) is 4. The van der Waals surface area contributed by atoms with Crippen LogP contribution in [0.25, 0.3) is 16.9 Å². The van der Waals surface area contributed by atoms with Gasteiger partial charge in [0.1, 0.15) is 17.3 Å². The molecular formula is C22H26N4O. The molecule has 0 bridgehead atoms. The van der Waals surface area contributed by atoms with Crippen molar-refractivity contribution in [2.75, 3.05) is 38.0 Å². The molecule has 1 aliphatic heterocycles. The highest BCUT2D eigenvalue weighted by Gasteiger charge is 2.23. The molecule has 0 aliphatic carbocycles. The van der Waals surface area contributed by atoms with Crippen LogP contribution in [0.1, 0.15) is 18.4 Å². The molecule has 2 aromatic carbocycles. The number of fused-ring (bicyclic) bond motifs is 1. The average molecular weight is 362 g/mol. The summed E-state index contributed by atoms with van der Waals surface area (Å²) in [5, 5.41) is 8.64. The van der Waals surface area contributed by atoms with Crippen molar-refractivity contribution < 1.29 is 4.74 Å². The Kier molecular flexibility index (Phi) is 4.75. The van der Waals surface area contributed by atoms with Crippen molar-refractivity contribution in [1.29, 1.82) is 0 Å². The molecule has 2 heterocycles. The largest absolute Gasteiger partial charge is 0.494 e. The van der Waals surface area contributed by atoms with Crippen molar-refractivity contribution in [3.63, 3.8) is 0 Å². The molecular weight excluding hydrogens is 336 g/mol. The van der Waals surface area contributed by atoms with Crippen molar-refractivity contribution in [2.45, 2.75) is 19.3 Å². The quantitative estimate of drug-likeness (QED) is 0.749. The van der Waals surface area contributed by atoms with Crippen molar-refractivity contribution in [3.05, 3.63) is 54.1 Å². The van der Waals surface area contributed by atoms with E-state index in [1.807, 2.05) is 22.9 Å². The van der Waals surface area contributed by atoms with E-state index in [1.54, 1.807) is 7.11 Å². The van der Waals surface area contributed by atoms with Crippen molar-refractivity contribution >= 4 is 11.5 Å². The van der Waals surface area contributed by atoms with Gasteiger partial charge in [-0.05, 0) is 43.5 Å². The van der Waals surface area contributed by atoms with E-state index < -0.39 is 0 Å². The molecule has 0 unspecified atom stereocenters. The van der Waals surface area contributed by atoms with E-state index in [-0.39, 0.29) is 0 Å². The first kappa shape index (κ1) is 17.5. The van der Waals surface area contributed by atoms with Crippen molar-refractivity contribution in [2.24, 2.45) is 0 Å². The molecule has 0 saturated heterocycles. The molecule has 1 aromatic heterocycles. The van der Waals surface area contributed by atoms with Crippen LogP contribution in [0, 0.1) is 0 Å². The Morgan fingerprint density at radius 2 is 1.93 bits per heavy atom. The van der Waals surface area contributed by atoms with Crippen molar-refractivity contribution in [1.82, 2.24) is 9.78 Å². The third-order valence-electron chi connectivity index (χ3n) is 5.08. The summed E-state index contributed by atoms with van der Waals surface area (Å²) in [6.07, 6.45) is 3.36. The number of para-hydroxylation sites is 2. The van der Waals surface area contributed by atoms with Gasteiger partial charge in [0.2, 0.25) is 0 Å². The zero-order chi connectivity index (χ0) is 18.8. The number of hydrogen-bond donors (Lipinski definition) is 1. The van der Waals surface area contributed by atoms with Crippen LogP contribution in [0.2, 0.25) is 0 Å². The van der Waals surface area contributed by atoms with Crippen LogP contribution in [-0.4, -0.2) is 37.5 Å². The summed E-state index contributed by atoms with van der Waals surface area (Å²) < 4.78 is 7.60. The van der Waals surface area contributed by atoms with E-state index in [9.17, 15) is 0 Å². The van der Waals surface area contributed by atoms with E-state index in [0.717, 1.165) is 54.3 Å². The topological polar surface area (TPSA) is 42.3 Å². The van der Waals surface area contributed by atoms with Crippen LogP contribution in [0.5, 0.6) is 5.75 Å². The maximum Gasteiger partial charge on any atom is 0.144 e. The number of nitrogens with one attached hydrogen (secondary N) is 1. The summed E-state index contributed by atoms with van der Waals surface area (Å²) in [6, 6.07) is 16.6. The first-order valence-corrected chi connectivity index (χ1v) is 9.46. The first-order valence-electron chi connectivity index (χ1n) is 9.46. The van der Waals surface area contributed by atoms with Gasteiger partial charge in [0, 0.05) is 37.5 Å². The number of anilines is 2. The second kappa shape index (κ2) is 7.35. The summed E-state index contributed by atoms with van der Waals surface area (Å²) in [7, 11) is 5.83. The summed E-state index contributed by atoms with van der Waals surface area (Å²) in [5.74, 6) is 1.91. The monoisotopic (exact) mass is 362 g/mol. The highest BCUT2D eigenvalue weighted by molar-refractivity contribution is 5.74. The van der Waals surface area contributed by atoms with Crippen LogP contribution in [-0.2, 0) is 6.42 Å². The SMILES string of the molecule is COc1ccccc1-n1nc(-c2cccc(N(C)C)c2)c2c1NCCCC2. The fraction of sp³-hybridized carbons (Fsp3) is 0.318. The van der Waals surface area contributed by atoms with Crippen molar-refractivity contribution in [3.8, 4) is 22.7 Å². The van der Waals surface area contributed by atoms with Gasteiger partial charge in [-0.2, -0.15) is 5.10 Å². The Hall–Kier alpha value is -2.95. The van der Waals surface area contributed by atoms with E-state index >= 15 is 0 Å². The van der Waals surface area contributed by atoms with Gasteiger partial charge in [-0.15, -0.1) is 0 Å². The lowest BCUT2D eigenvalue weighted by molar-refractivity contribution is 0.412. The summed E-state index contributed by atoms with van der Waals surface area (Å²) in [6.45, 7) is 0.963. The predicted octanol–water partition coefficient (Wildman–Crippen LogP) is 4.36. The Labute approximate surface area is 160 Å². The first-order chi connectivity index (χ1) is 13.2. The lowest BCUT2D eigenvalue weighted by Gasteiger charge is -2.13. The Bertz CT molecular complexity index is 945. The highest BCUT2D eigenvalue weighted by atomic mass is 16.5. The average Bonchev–Trinajstić information content (AvgIpc) is 2.88. The molecule has 1 aliphatic rings. The molecule has 1 N–H and O–H groups in total. The lowest BCUT2D eigenvalue weighted by atomic mass is 10.0. The molecule has 0 fully saturated rings. The highest BCUT2D eigenvalue weighted by Crippen LogP contribution is 2.36. The zero-order valence-corrected chi connectivity index (χ0v) is 16.2. The number of ether oxygens (including phenoxy) is 1. The molecule has 0 spiro atoms. The van der Waals surface area contributed by atoms with Gasteiger partial charge in [0.25, 0.3) is 0 Å². The van der Waals surface area contributed by atoms with E-state index in [4.69, 9.17) is 9.84 Å². The standard InChI is InChI=1S/C22H26N4O/c1-25(2)17-10-8-9-16(15-17)21-18-11-6-7-14-23-22(18)26(24-21)19-12-4-5-13-20(19)27-3/h4-5,8-10,12-13,15,23H,6-7,11,14H2,1-3H3.